The van der Waals surface area contributed by atoms with Gasteiger partial charge in [-0.15, -0.1) is 0 Å². The van der Waals surface area contributed by atoms with Gasteiger partial charge in [0.2, 0.25) is 11.9 Å². The molecule has 3 aromatic rings. The number of ether oxygens (including phenoxy) is 1. The first-order valence-electron chi connectivity index (χ1n) is 7.87. The topological polar surface area (TPSA) is 69.0 Å². The number of fused-ring (bicyclic) bond motifs is 1. The standard InChI is InChI=1S/C18H15FN4O2/c19-14-7-3-1-5-12(14)10-25-16-8-4-2-6-13(16)15-9-17(24)22-18-20-11-21-23(15)18/h1-8,11,15H,9-10H2,(H,20,21,22,24)/t15-/m1/s1. The second-order valence-corrected chi connectivity index (χ2v) is 5.71. The number of rotatable bonds is 4. The molecule has 1 aliphatic heterocycles. The lowest BCUT2D eigenvalue weighted by atomic mass is 10.0. The van der Waals surface area contributed by atoms with Crippen LogP contribution in [0.15, 0.2) is 54.9 Å². The van der Waals surface area contributed by atoms with Crippen molar-refractivity contribution in [3.05, 3.63) is 71.8 Å². The predicted octanol–water partition coefficient (Wildman–Crippen LogP) is 2.93. The van der Waals surface area contributed by atoms with Crippen LogP contribution in [0, 0.1) is 5.82 Å². The summed E-state index contributed by atoms with van der Waals surface area (Å²) in [7, 11) is 0. The average molecular weight is 338 g/mol. The minimum absolute atomic E-state index is 0.104. The Morgan fingerprint density at radius 3 is 2.88 bits per heavy atom. The molecule has 0 saturated heterocycles. The molecule has 0 radical (unpaired) electrons. The van der Waals surface area contributed by atoms with Gasteiger partial charge in [-0.25, -0.2) is 9.07 Å². The van der Waals surface area contributed by atoms with Gasteiger partial charge in [0.25, 0.3) is 0 Å². The minimum atomic E-state index is -0.317. The number of nitrogens with zero attached hydrogens (tertiary/aromatic N) is 3. The number of hydrogen-bond donors (Lipinski definition) is 1. The van der Waals surface area contributed by atoms with Gasteiger partial charge in [-0.2, -0.15) is 10.1 Å². The molecule has 1 aromatic heterocycles. The summed E-state index contributed by atoms with van der Waals surface area (Å²) in [6.45, 7) is 0.104. The lowest BCUT2D eigenvalue weighted by Crippen LogP contribution is -2.29. The van der Waals surface area contributed by atoms with Crippen molar-refractivity contribution in [2.45, 2.75) is 19.1 Å². The number of carbonyl (C=O) groups is 1. The SMILES string of the molecule is O=C1C[C@H](c2ccccc2OCc2ccccc2F)n2ncnc2N1. The smallest absolute Gasteiger partial charge is 0.229 e. The molecule has 25 heavy (non-hydrogen) atoms. The molecule has 1 N–H and O–H groups in total. The molecule has 7 heteroatoms. The summed E-state index contributed by atoms with van der Waals surface area (Å²) >= 11 is 0. The molecule has 1 amide bonds. The molecule has 0 saturated carbocycles. The number of anilines is 1. The monoisotopic (exact) mass is 338 g/mol. The van der Waals surface area contributed by atoms with Crippen molar-refractivity contribution in [3.63, 3.8) is 0 Å². The molecule has 1 aliphatic rings. The predicted molar refractivity (Wildman–Crippen MR) is 88.6 cm³/mol. The third-order valence-corrected chi connectivity index (χ3v) is 4.12. The fourth-order valence-electron chi connectivity index (χ4n) is 2.91. The van der Waals surface area contributed by atoms with Gasteiger partial charge in [-0.05, 0) is 12.1 Å². The van der Waals surface area contributed by atoms with Crippen LogP contribution in [-0.2, 0) is 11.4 Å². The maximum atomic E-state index is 13.8. The van der Waals surface area contributed by atoms with Crippen LogP contribution >= 0.6 is 0 Å². The van der Waals surface area contributed by atoms with Gasteiger partial charge >= 0.3 is 0 Å². The zero-order chi connectivity index (χ0) is 17.2. The van der Waals surface area contributed by atoms with Gasteiger partial charge < -0.3 is 4.74 Å². The van der Waals surface area contributed by atoms with Crippen LogP contribution in [0.3, 0.4) is 0 Å². The lowest BCUT2D eigenvalue weighted by Gasteiger charge is -2.25. The fraction of sp³-hybridized carbons (Fsp3) is 0.167. The van der Waals surface area contributed by atoms with Crippen LogP contribution < -0.4 is 10.1 Å². The highest BCUT2D eigenvalue weighted by Gasteiger charge is 2.29. The molecule has 0 unspecified atom stereocenters. The van der Waals surface area contributed by atoms with Crippen LogP contribution in [0.5, 0.6) is 5.75 Å². The zero-order valence-corrected chi connectivity index (χ0v) is 13.2. The summed E-state index contributed by atoms with van der Waals surface area (Å²) in [5.41, 5.74) is 1.28. The van der Waals surface area contributed by atoms with E-state index in [0.717, 1.165) is 5.56 Å². The zero-order valence-electron chi connectivity index (χ0n) is 13.2. The van der Waals surface area contributed by atoms with Crippen LogP contribution in [0.4, 0.5) is 10.3 Å². The molecule has 0 bridgehead atoms. The molecule has 1 atom stereocenters. The van der Waals surface area contributed by atoms with Crippen LogP contribution in [-0.4, -0.2) is 20.7 Å². The van der Waals surface area contributed by atoms with E-state index >= 15 is 0 Å². The van der Waals surface area contributed by atoms with Crippen LogP contribution in [0.1, 0.15) is 23.6 Å². The van der Waals surface area contributed by atoms with E-state index in [9.17, 15) is 9.18 Å². The number of para-hydroxylation sites is 1. The normalized spacial score (nSPS) is 16.2. The van der Waals surface area contributed by atoms with E-state index in [1.54, 1.807) is 28.9 Å². The molecular formula is C18H15FN4O2. The first-order chi connectivity index (χ1) is 12.2. The average Bonchev–Trinajstić information content (AvgIpc) is 3.09. The maximum absolute atomic E-state index is 13.8. The Hall–Kier alpha value is -3.22. The highest BCUT2D eigenvalue weighted by atomic mass is 19.1. The van der Waals surface area contributed by atoms with E-state index < -0.39 is 0 Å². The molecule has 0 fully saturated rings. The molecule has 4 rings (SSSR count). The van der Waals surface area contributed by atoms with E-state index in [0.29, 0.717) is 17.3 Å². The van der Waals surface area contributed by atoms with Crippen molar-refractivity contribution in [1.29, 1.82) is 0 Å². The largest absolute Gasteiger partial charge is 0.488 e. The Labute approximate surface area is 143 Å². The Morgan fingerprint density at radius 2 is 2.00 bits per heavy atom. The number of benzene rings is 2. The Morgan fingerprint density at radius 1 is 1.20 bits per heavy atom. The molecule has 2 aromatic carbocycles. The van der Waals surface area contributed by atoms with Crippen molar-refractivity contribution in [1.82, 2.24) is 14.8 Å². The molecule has 126 valence electrons. The van der Waals surface area contributed by atoms with Gasteiger partial charge in [0, 0.05) is 11.1 Å². The summed E-state index contributed by atoms with van der Waals surface area (Å²) in [5, 5.41) is 6.88. The number of aromatic nitrogens is 3. The van der Waals surface area contributed by atoms with E-state index in [1.807, 2.05) is 18.2 Å². The van der Waals surface area contributed by atoms with Crippen molar-refractivity contribution in [3.8, 4) is 5.75 Å². The van der Waals surface area contributed by atoms with Crippen molar-refractivity contribution in [2.24, 2.45) is 0 Å². The van der Waals surface area contributed by atoms with E-state index in [4.69, 9.17) is 4.74 Å². The van der Waals surface area contributed by atoms with Crippen molar-refractivity contribution >= 4 is 11.9 Å². The number of amides is 1. The summed E-state index contributed by atoms with van der Waals surface area (Å²) in [6, 6.07) is 13.6. The van der Waals surface area contributed by atoms with Gasteiger partial charge in [0.15, 0.2) is 0 Å². The van der Waals surface area contributed by atoms with Gasteiger partial charge in [0.05, 0.1) is 12.5 Å². The first-order valence-corrected chi connectivity index (χ1v) is 7.87. The summed E-state index contributed by atoms with van der Waals surface area (Å²) < 4.78 is 21.3. The highest BCUT2D eigenvalue weighted by molar-refractivity contribution is 5.91. The molecular weight excluding hydrogens is 323 g/mol. The quantitative estimate of drug-likeness (QED) is 0.794. The van der Waals surface area contributed by atoms with Gasteiger partial charge in [0.1, 0.15) is 24.5 Å². The van der Waals surface area contributed by atoms with Crippen LogP contribution in [0.25, 0.3) is 0 Å². The van der Waals surface area contributed by atoms with E-state index in [2.05, 4.69) is 15.4 Å². The number of halogens is 1. The maximum Gasteiger partial charge on any atom is 0.229 e. The number of hydrogen-bond acceptors (Lipinski definition) is 4. The minimum Gasteiger partial charge on any atom is -0.488 e. The highest BCUT2D eigenvalue weighted by Crippen LogP contribution is 2.34. The summed E-state index contributed by atoms with van der Waals surface area (Å²) in [4.78, 5) is 16.0. The first kappa shape index (κ1) is 15.3. The number of carbonyl (C=O) groups excluding carboxylic acids is 1. The molecule has 0 aliphatic carbocycles. The molecule has 2 heterocycles. The van der Waals surface area contributed by atoms with E-state index in [-0.39, 0.29) is 30.8 Å². The Kier molecular flexibility index (Phi) is 3.89. The number of nitrogens with one attached hydrogen (secondary N) is 1. The van der Waals surface area contributed by atoms with Gasteiger partial charge in [-0.1, -0.05) is 36.4 Å². The van der Waals surface area contributed by atoms with Crippen molar-refractivity contribution < 1.29 is 13.9 Å². The third-order valence-electron chi connectivity index (χ3n) is 4.12. The fourth-order valence-corrected chi connectivity index (χ4v) is 2.91. The summed E-state index contributed by atoms with van der Waals surface area (Å²) in [6.07, 6.45) is 1.63. The lowest BCUT2D eigenvalue weighted by molar-refractivity contribution is -0.117. The summed E-state index contributed by atoms with van der Waals surface area (Å²) in [5.74, 6) is 0.557. The Bertz CT molecular complexity index is 925. The van der Waals surface area contributed by atoms with Gasteiger partial charge in [-0.3, -0.25) is 10.1 Å². The molecule has 6 nitrogen and oxygen atoms in total. The van der Waals surface area contributed by atoms with E-state index in [1.165, 1.54) is 12.4 Å². The Balaban J connectivity index is 1.64. The second-order valence-electron chi connectivity index (χ2n) is 5.71. The van der Waals surface area contributed by atoms with Crippen LogP contribution in [0.2, 0.25) is 0 Å². The van der Waals surface area contributed by atoms with Crippen molar-refractivity contribution in [2.75, 3.05) is 5.32 Å². The third kappa shape index (κ3) is 2.96. The second kappa shape index (κ2) is 6.35. The molecule has 0 spiro atoms.